The molecule has 0 heterocycles. The average molecular weight is 226 g/mol. The first-order valence-electron chi connectivity index (χ1n) is 4.27. The number of carbonyl (C=O) groups is 2. The minimum absolute atomic E-state index is 0.0145. The highest BCUT2D eigenvalue weighted by molar-refractivity contribution is 5.93. The lowest BCUT2D eigenvalue weighted by Gasteiger charge is -2.15. The van der Waals surface area contributed by atoms with Gasteiger partial charge in [0.1, 0.15) is 11.3 Å². The number of methoxy groups -OCH3 is 1. The number of rotatable bonds is 4. The molecule has 86 valence electrons. The van der Waals surface area contributed by atoms with Gasteiger partial charge in [-0.05, 0) is 12.1 Å². The van der Waals surface area contributed by atoms with Gasteiger partial charge in [0.15, 0.2) is 0 Å². The summed E-state index contributed by atoms with van der Waals surface area (Å²) in [4.78, 5) is 21.6. The van der Waals surface area contributed by atoms with Gasteiger partial charge in [-0.25, -0.2) is 4.79 Å². The second-order valence-corrected chi connectivity index (χ2v) is 2.87. The molecule has 6 nitrogen and oxygen atoms in total. The Bertz CT molecular complexity index is 398. The van der Waals surface area contributed by atoms with Crippen LogP contribution in [0.4, 0.5) is 0 Å². The second-order valence-electron chi connectivity index (χ2n) is 2.87. The Kier molecular flexibility index (Phi) is 3.60. The zero-order chi connectivity index (χ0) is 12.2. The highest BCUT2D eigenvalue weighted by atomic mass is 16.8. The van der Waals surface area contributed by atoms with Gasteiger partial charge >= 0.3 is 11.9 Å². The first-order chi connectivity index (χ1) is 7.50. The molecule has 0 aliphatic rings. The van der Waals surface area contributed by atoms with Crippen molar-refractivity contribution in [2.75, 3.05) is 7.11 Å². The van der Waals surface area contributed by atoms with Gasteiger partial charge in [0.2, 0.25) is 6.29 Å². The summed E-state index contributed by atoms with van der Waals surface area (Å²) < 4.78 is 9.00. The average Bonchev–Trinajstić information content (AvgIpc) is 2.28. The molecule has 0 amide bonds. The molecule has 6 heteroatoms. The van der Waals surface area contributed by atoms with Crippen molar-refractivity contribution in [3.8, 4) is 5.75 Å². The topological polar surface area (TPSA) is 93.1 Å². The van der Waals surface area contributed by atoms with Crippen molar-refractivity contribution < 1.29 is 29.3 Å². The summed E-state index contributed by atoms with van der Waals surface area (Å²) in [5, 5.41) is 17.6. The molecule has 0 bridgehead atoms. The molecule has 0 aliphatic carbocycles. The number of carbonyl (C=O) groups excluding carboxylic acids is 2. The van der Waals surface area contributed by atoms with E-state index in [0.717, 1.165) is 0 Å². The first-order valence-corrected chi connectivity index (χ1v) is 4.27. The summed E-state index contributed by atoms with van der Waals surface area (Å²) in [7, 11) is 1.34. The van der Waals surface area contributed by atoms with E-state index < -0.39 is 11.9 Å². The van der Waals surface area contributed by atoms with Gasteiger partial charge in [0, 0.05) is 0 Å². The summed E-state index contributed by atoms with van der Waals surface area (Å²) in [5.41, 5.74) is -0.0145. The van der Waals surface area contributed by atoms with Crippen LogP contribution in [0.3, 0.4) is 0 Å². The number of para-hydroxylation sites is 1. The van der Waals surface area contributed by atoms with Crippen molar-refractivity contribution in [2.24, 2.45) is 0 Å². The largest absolute Gasteiger partial charge is 0.496 e. The van der Waals surface area contributed by atoms with Gasteiger partial charge in [-0.3, -0.25) is 4.79 Å². The monoisotopic (exact) mass is 226 g/mol. The molecule has 0 fully saturated rings. The van der Waals surface area contributed by atoms with Crippen molar-refractivity contribution in [3.63, 3.8) is 0 Å². The maximum absolute atomic E-state index is 11.4. The molecule has 0 saturated heterocycles. The number of ether oxygens (including phenoxy) is 2. The van der Waals surface area contributed by atoms with Crippen LogP contribution >= 0.6 is 0 Å². The number of aliphatic hydroxyl groups is 2. The zero-order valence-electron chi connectivity index (χ0n) is 8.41. The van der Waals surface area contributed by atoms with Crippen molar-refractivity contribution in [1.29, 1.82) is 0 Å². The fourth-order valence-corrected chi connectivity index (χ4v) is 1.03. The van der Waals surface area contributed by atoms with Crippen LogP contribution in [0, 0.1) is 0 Å². The highest BCUT2D eigenvalue weighted by Gasteiger charge is 2.29. The highest BCUT2D eigenvalue weighted by Crippen LogP contribution is 2.19. The van der Waals surface area contributed by atoms with Gasteiger partial charge in [-0.15, -0.1) is 0 Å². The van der Waals surface area contributed by atoms with E-state index in [-0.39, 0.29) is 17.6 Å². The molecule has 0 unspecified atom stereocenters. The van der Waals surface area contributed by atoms with Crippen molar-refractivity contribution >= 4 is 12.3 Å². The lowest BCUT2D eigenvalue weighted by Crippen LogP contribution is -2.36. The minimum atomic E-state index is -3.13. The number of hydrogen-bond acceptors (Lipinski definition) is 6. The minimum Gasteiger partial charge on any atom is -0.496 e. The van der Waals surface area contributed by atoms with Crippen molar-refractivity contribution in [1.82, 2.24) is 0 Å². The molecular formula is C10H10O6. The number of benzene rings is 1. The van der Waals surface area contributed by atoms with E-state index in [0.29, 0.717) is 0 Å². The molecule has 0 saturated carbocycles. The second kappa shape index (κ2) is 4.73. The molecule has 0 atom stereocenters. The van der Waals surface area contributed by atoms with Crippen molar-refractivity contribution in [3.05, 3.63) is 29.8 Å². The molecule has 0 radical (unpaired) electrons. The summed E-state index contributed by atoms with van der Waals surface area (Å²) in [6, 6.07) is 6.02. The Morgan fingerprint density at radius 1 is 1.38 bits per heavy atom. The maximum atomic E-state index is 11.4. The lowest BCUT2D eigenvalue weighted by molar-refractivity contribution is -0.275. The lowest BCUT2D eigenvalue weighted by atomic mass is 10.2. The Balaban J connectivity index is 2.93. The summed E-state index contributed by atoms with van der Waals surface area (Å²) in [6.45, 7) is 0. The fourth-order valence-electron chi connectivity index (χ4n) is 1.03. The summed E-state index contributed by atoms with van der Waals surface area (Å²) in [5.74, 6) is -4.00. The van der Waals surface area contributed by atoms with Crippen molar-refractivity contribution in [2.45, 2.75) is 5.97 Å². The van der Waals surface area contributed by atoms with Crippen LogP contribution in [0.5, 0.6) is 5.75 Å². The molecule has 0 spiro atoms. The summed E-state index contributed by atoms with van der Waals surface area (Å²) in [6.07, 6.45) is -0.305. The Morgan fingerprint density at radius 2 is 2.00 bits per heavy atom. The van der Waals surface area contributed by atoms with Crippen LogP contribution in [0.25, 0.3) is 0 Å². The van der Waals surface area contributed by atoms with E-state index >= 15 is 0 Å². The molecule has 1 aromatic rings. The normalized spacial score (nSPS) is 10.7. The quantitative estimate of drug-likeness (QED) is 0.415. The zero-order valence-corrected chi connectivity index (χ0v) is 8.41. The van der Waals surface area contributed by atoms with E-state index in [1.54, 1.807) is 6.07 Å². The Labute approximate surface area is 91.0 Å². The number of hydrogen-bond donors (Lipinski definition) is 2. The SMILES string of the molecule is COc1ccccc1C(=O)OC(O)(O)C=O. The standard InChI is InChI=1S/C10H10O6/c1-15-8-5-3-2-4-7(8)9(12)16-10(13,14)6-11/h2-6,13-14H,1H3. The third-order valence-corrected chi connectivity index (χ3v) is 1.72. The fraction of sp³-hybridized carbons (Fsp3) is 0.200. The number of esters is 1. The third-order valence-electron chi connectivity index (χ3n) is 1.72. The Morgan fingerprint density at radius 3 is 2.56 bits per heavy atom. The predicted octanol–water partition coefficient (Wildman–Crippen LogP) is -0.311. The molecule has 16 heavy (non-hydrogen) atoms. The van der Waals surface area contributed by atoms with Gasteiger partial charge in [0.05, 0.1) is 7.11 Å². The molecular weight excluding hydrogens is 216 g/mol. The van der Waals surface area contributed by atoms with E-state index in [1.165, 1.54) is 25.3 Å². The van der Waals surface area contributed by atoms with E-state index in [4.69, 9.17) is 14.9 Å². The Hall–Kier alpha value is -1.92. The molecule has 0 aliphatic heterocycles. The number of aldehydes is 1. The van der Waals surface area contributed by atoms with Crippen LogP contribution in [0.15, 0.2) is 24.3 Å². The third kappa shape index (κ3) is 2.78. The van der Waals surface area contributed by atoms with E-state index in [9.17, 15) is 9.59 Å². The van der Waals surface area contributed by atoms with Crippen LogP contribution in [0.1, 0.15) is 10.4 Å². The smallest absolute Gasteiger partial charge is 0.385 e. The molecule has 1 rings (SSSR count). The molecule has 2 N–H and O–H groups in total. The van der Waals surface area contributed by atoms with Gasteiger partial charge < -0.3 is 19.7 Å². The van der Waals surface area contributed by atoms with Gasteiger partial charge in [-0.1, -0.05) is 12.1 Å². The summed E-state index contributed by atoms with van der Waals surface area (Å²) >= 11 is 0. The van der Waals surface area contributed by atoms with Gasteiger partial charge in [-0.2, -0.15) is 0 Å². The molecule has 0 aromatic heterocycles. The van der Waals surface area contributed by atoms with Crippen LogP contribution in [-0.4, -0.2) is 35.6 Å². The van der Waals surface area contributed by atoms with Crippen LogP contribution in [0.2, 0.25) is 0 Å². The first kappa shape index (κ1) is 12.2. The predicted molar refractivity (Wildman–Crippen MR) is 51.6 cm³/mol. The van der Waals surface area contributed by atoms with E-state index in [2.05, 4.69) is 4.74 Å². The van der Waals surface area contributed by atoms with E-state index in [1.807, 2.05) is 0 Å². The van der Waals surface area contributed by atoms with Crippen LogP contribution < -0.4 is 4.74 Å². The molecule has 1 aromatic carbocycles. The maximum Gasteiger partial charge on any atom is 0.385 e. The van der Waals surface area contributed by atoms with Gasteiger partial charge in [0.25, 0.3) is 0 Å². The van der Waals surface area contributed by atoms with Crippen LogP contribution in [-0.2, 0) is 9.53 Å².